The Morgan fingerprint density at radius 2 is 2.31 bits per heavy atom. The highest BCUT2D eigenvalue weighted by atomic mass is 16.6. The molecule has 0 amide bonds. The van der Waals surface area contributed by atoms with Crippen LogP contribution in [0.5, 0.6) is 0 Å². The predicted octanol–water partition coefficient (Wildman–Crippen LogP) is 1.74. The zero-order valence-corrected chi connectivity index (χ0v) is 8.68. The zero-order chi connectivity index (χ0) is 12.0. The summed E-state index contributed by atoms with van der Waals surface area (Å²) in [4.78, 5) is 21.0. The summed E-state index contributed by atoms with van der Waals surface area (Å²) in [5.41, 5.74) is 1.08. The molecule has 0 radical (unpaired) electrons. The summed E-state index contributed by atoms with van der Waals surface area (Å²) in [5, 5.41) is 13.2. The Morgan fingerprint density at radius 3 is 2.94 bits per heavy atom. The van der Waals surface area contributed by atoms with Crippen molar-refractivity contribution in [1.29, 1.82) is 0 Å². The summed E-state index contributed by atoms with van der Waals surface area (Å²) < 4.78 is 0. The van der Waals surface area contributed by atoms with Crippen molar-refractivity contribution in [3.8, 4) is 0 Å². The third kappa shape index (κ3) is 3.53. The summed E-state index contributed by atoms with van der Waals surface area (Å²) in [5.74, 6) is -0.493. The minimum Gasteiger partial charge on any atom is -0.382 e. The van der Waals surface area contributed by atoms with Crippen LogP contribution in [0.2, 0.25) is 0 Å². The Morgan fingerprint density at radius 1 is 1.56 bits per heavy atom. The van der Waals surface area contributed by atoms with Gasteiger partial charge in [0.2, 0.25) is 5.78 Å². The van der Waals surface area contributed by atoms with Crippen LogP contribution in [0.3, 0.4) is 0 Å². The van der Waals surface area contributed by atoms with E-state index in [0.717, 1.165) is 5.69 Å². The van der Waals surface area contributed by atoms with E-state index < -0.39 is 17.3 Å². The lowest BCUT2D eigenvalue weighted by Gasteiger charge is -2.04. The third-order valence-corrected chi connectivity index (χ3v) is 1.91. The maximum Gasteiger partial charge on any atom is 0.265 e. The molecule has 1 aromatic carbocycles. The number of nitrogens with zero attached hydrogens (tertiary/aromatic N) is 1. The quantitative estimate of drug-likeness (QED) is 0.343. The van der Waals surface area contributed by atoms with E-state index in [2.05, 4.69) is 11.9 Å². The van der Waals surface area contributed by atoms with Crippen LogP contribution in [-0.2, 0) is 0 Å². The first-order valence-electron chi connectivity index (χ1n) is 4.73. The third-order valence-electron chi connectivity index (χ3n) is 1.91. The molecule has 5 nitrogen and oxygen atoms in total. The number of nitrogens with one attached hydrogen (secondary N) is 1. The van der Waals surface area contributed by atoms with Crippen molar-refractivity contribution in [1.82, 2.24) is 0 Å². The molecule has 1 N–H and O–H groups in total. The van der Waals surface area contributed by atoms with Crippen LogP contribution in [0.1, 0.15) is 10.4 Å². The van der Waals surface area contributed by atoms with E-state index in [1.54, 1.807) is 30.3 Å². The van der Waals surface area contributed by atoms with Crippen molar-refractivity contribution in [2.75, 3.05) is 18.4 Å². The van der Waals surface area contributed by atoms with Gasteiger partial charge in [-0.25, -0.2) is 0 Å². The van der Waals surface area contributed by atoms with Gasteiger partial charge >= 0.3 is 0 Å². The normalized spacial score (nSPS) is 9.50. The van der Waals surface area contributed by atoms with Gasteiger partial charge in [0, 0.05) is 22.7 Å². The molecule has 5 heteroatoms. The second-order valence-electron chi connectivity index (χ2n) is 3.16. The van der Waals surface area contributed by atoms with E-state index in [1.807, 2.05) is 0 Å². The van der Waals surface area contributed by atoms with E-state index >= 15 is 0 Å². The SMILES string of the molecule is C=CCNc1cccc(C(=O)C[N+](=O)[O-])c1. The van der Waals surface area contributed by atoms with Crippen molar-refractivity contribution >= 4 is 11.5 Å². The number of rotatable bonds is 6. The van der Waals surface area contributed by atoms with Gasteiger partial charge in [-0.15, -0.1) is 6.58 Å². The molecule has 0 heterocycles. The van der Waals surface area contributed by atoms with Gasteiger partial charge in [-0.3, -0.25) is 14.9 Å². The molecular weight excluding hydrogens is 208 g/mol. The Kier molecular flexibility index (Phi) is 4.20. The van der Waals surface area contributed by atoms with E-state index in [0.29, 0.717) is 12.1 Å². The van der Waals surface area contributed by atoms with Crippen LogP contribution in [0.15, 0.2) is 36.9 Å². The van der Waals surface area contributed by atoms with Gasteiger partial charge in [0.1, 0.15) is 0 Å². The number of carbonyl (C=O) groups is 1. The highest BCUT2D eigenvalue weighted by Gasteiger charge is 2.12. The molecular formula is C11H12N2O3. The number of Topliss-reactive ketones (excluding diaryl/α,β-unsaturated/α-hetero) is 1. The van der Waals surface area contributed by atoms with E-state index in [1.165, 1.54) is 0 Å². The van der Waals surface area contributed by atoms with Crippen LogP contribution < -0.4 is 5.32 Å². The average molecular weight is 220 g/mol. The summed E-state index contributed by atoms with van der Waals surface area (Å²) in [6.07, 6.45) is 1.69. The van der Waals surface area contributed by atoms with Crippen LogP contribution in [0.25, 0.3) is 0 Å². The highest BCUT2D eigenvalue weighted by molar-refractivity contribution is 5.97. The van der Waals surface area contributed by atoms with Crippen molar-refractivity contribution < 1.29 is 9.72 Å². The molecule has 0 unspecified atom stereocenters. The number of carbonyl (C=O) groups excluding carboxylic acids is 1. The molecule has 0 saturated carbocycles. The Hall–Kier alpha value is -2.17. The molecule has 1 aromatic rings. The lowest BCUT2D eigenvalue weighted by molar-refractivity contribution is -0.465. The minimum absolute atomic E-state index is 0.339. The lowest BCUT2D eigenvalue weighted by Crippen LogP contribution is -2.13. The molecule has 0 aliphatic heterocycles. The summed E-state index contributed by atoms with van der Waals surface area (Å²) in [6.45, 7) is 3.45. The van der Waals surface area contributed by atoms with E-state index in [-0.39, 0.29) is 0 Å². The van der Waals surface area contributed by atoms with Crippen molar-refractivity contribution in [2.45, 2.75) is 0 Å². The fraction of sp³-hybridized carbons (Fsp3) is 0.182. The molecule has 0 aliphatic carbocycles. The first-order valence-corrected chi connectivity index (χ1v) is 4.73. The number of benzene rings is 1. The minimum atomic E-state index is -0.676. The van der Waals surface area contributed by atoms with Crippen LogP contribution in [0, 0.1) is 10.1 Å². The second kappa shape index (κ2) is 5.65. The molecule has 0 aromatic heterocycles. The summed E-state index contributed by atoms with van der Waals surface area (Å²) in [7, 11) is 0. The maximum atomic E-state index is 11.4. The van der Waals surface area contributed by atoms with Crippen molar-refractivity contribution in [3.05, 3.63) is 52.6 Å². The molecule has 0 bridgehead atoms. The lowest BCUT2D eigenvalue weighted by atomic mass is 10.1. The Labute approximate surface area is 92.9 Å². The van der Waals surface area contributed by atoms with Crippen LogP contribution >= 0.6 is 0 Å². The molecule has 0 aliphatic rings. The van der Waals surface area contributed by atoms with Crippen molar-refractivity contribution in [2.24, 2.45) is 0 Å². The maximum absolute atomic E-state index is 11.4. The number of anilines is 1. The molecule has 0 saturated heterocycles. The van der Waals surface area contributed by atoms with Gasteiger partial charge in [-0.05, 0) is 12.1 Å². The summed E-state index contributed by atoms with van der Waals surface area (Å²) >= 11 is 0. The first-order chi connectivity index (χ1) is 7.63. The van der Waals surface area contributed by atoms with E-state index in [9.17, 15) is 14.9 Å². The molecule has 0 atom stereocenters. The van der Waals surface area contributed by atoms with Crippen LogP contribution in [-0.4, -0.2) is 23.8 Å². The smallest absolute Gasteiger partial charge is 0.265 e. The average Bonchev–Trinajstić information content (AvgIpc) is 2.26. The van der Waals surface area contributed by atoms with Gasteiger partial charge in [0.05, 0.1) is 0 Å². The molecule has 0 spiro atoms. The number of nitro groups is 1. The summed E-state index contributed by atoms with van der Waals surface area (Å²) in [6, 6.07) is 6.62. The molecule has 1 rings (SSSR count). The monoisotopic (exact) mass is 220 g/mol. The number of hydrogen-bond donors (Lipinski definition) is 1. The van der Waals surface area contributed by atoms with Gasteiger partial charge in [0.15, 0.2) is 0 Å². The molecule has 0 fully saturated rings. The number of ketones is 1. The predicted molar refractivity (Wildman–Crippen MR) is 61.3 cm³/mol. The Balaban J connectivity index is 2.76. The largest absolute Gasteiger partial charge is 0.382 e. The molecule has 16 heavy (non-hydrogen) atoms. The Bertz CT molecular complexity index is 415. The fourth-order valence-electron chi connectivity index (χ4n) is 1.20. The second-order valence-corrected chi connectivity index (χ2v) is 3.16. The standard InChI is InChI=1S/C11H12N2O3/c1-2-6-12-10-5-3-4-9(7-10)11(14)8-13(15)16/h2-5,7,12H,1,6,8H2. The van der Waals surface area contributed by atoms with Gasteiger partial charge in [-0.2, -0.15) is 0 Å². The highest BCUT2D eigenvalue weighted by Crippen LogP contribution is 2.11. The topological polar surface area (TPSA) is 72.2 Å². The van der Waals surface area contributed by atoms with Crippen molar-refractivity contribution in [3.63, 3.8) is 0 Å². The molecule has 84 valence electrons. The number of hydrogen-bond acceptors (Lipinski definition) is 4. The van der Waals surface area contributed by atoms with Gasteiger partial charge in [-0.1, -0.05) is 18.2 Å². The van der Waals surface area contributed by atoms with Crippen LogP contribution in [0.4, 0.5) is 5.69 Å². The zero-order valence-electron chi connectivity index (χ0n) is 8.68. The van der Waals surface area contributed by atoms with Gasteiger partial charge in [0.25, 0.3) is 6.54 Å². The van der Waals surface area contributed by atoms with E-state index in [4.69, 9.17) is 0 Å². The fourth-order valence-corrected chi connectivity index (χ4v) is 1.20. The van der Waals surface area contributed by atoms with Gasteiger partial charge < -0.3 is 5.32 Å². The first kappa shape index (κ1) is 11.9.